The van der Waals surface area contributed by atoms with Crippen LogP contribution in [0.3, 0.4) is 0 Å². The minimum absolute atomic E-state index is 0.198. The Morgan fingerprint density at radius 1 is 1.27 bits per heavy atom. The molecule has 1 aliphatic rings. The minimum Gasteiger partial charge on any atom is -0.465 e. The molecule has 6 heteroatoms. The van der Waals surface area contributed by atoms with Crippen molar-refractivity contribution in [2.45, 2.75) is 33.7 Å². The maximum absolute atomic E-state index is 12.7. The Morgan fingerprint density at radius 2 is 2.04 bits per heavy atom. The molecule has 2 aromatic rings. The Balaban J connectivity index is 1.93. The molecule has 0 aliphatic carbocycles. The van der Waals surface area contributed by atoms with Gasteiger partial charge in [-0.25, -0.2) is 4.79 Å². The fraction of sp³-hybridized carbons (Fsp3) is 0.400. The molecule has 1 amide bonds. The van der Waals surface area contributed by atoms with E-state index < -0.39 is 0 Å². The number of thiophene rings is 1. The van der Waals surface area contributed by atoms with Crippen LogP contribution in [0, 0.1) is 13.8 Å². The second kappa shape index (κ2) is 7.60. The van der Waals surface area contributed by atoms with E-state index in [1.165, 1.54) is 28.2 Å². The van der Waals surface area contributed by atoms with Gasteiger partial charge in [-0.1, -0.05) is 6.07 Å². The topological polar surface area (TPSA) is 59.8 Å². The van der Waals surface area contributed by atoms with Crippen LogP contribution < -0.4 is 10.2 Å². The summed E-state index contributed by atoms with van der Waals surface area (Å²) in [6.45, 7) is 9.10. The first-order valence-electron chi connectivity index (χ1n) is 8.89. The van der Waals surface area contributed by atoms with Crippen molar-refractivity contribution in [3.63, 3.8) is 0 Å². The van der Waals surface area contributed by atoms with Crippen molar-refractivity contribution in [1.29, 1.82) is 0 Å². The van der Waals surface area contributed by atoms with Crippen LogP contribution in [-0.4, -0.2) is 32.1 Å². The third-order valence-corrected chi connectivity index (χ3v) is 6.26. The molecule has 2 heterocycles. The van der Waals surface area contributed by atoms with E-state index in [1.807, 2.05) is 32.0 Å². The number of fused-ring (bicyclic) bond motifs is 1. The van der Waals surface area contributed by atoms with Crippen LogP contribution in [0.2, 0.25) is 0 Å². The normalized spacial score (nSPS) is 16.1. The number of carbonyl (C=O) groups excluding carboxylic acids is 2. The monoisotopic (exact) mass is 373 g/mol. The lowest BCUT2D eigenvalue weighted by Gasteiger charge is -2.22. The van der Waals surface area contributed by atoms with Crippen molar-refractivity contribution in [2.24, 2.45) is 0 Å². The Morgan fingerprint density at radius 3 is 2.69 bits per heavy atom. The van der Waals surface area contributed by atoms with Crippen LogP contribution in [0.15, 0.2) is 18.2 Å². The molecular formula is C20H25N2O3S+. The predicted octanol–water partition coefficient (Wildman–Crippen LogP) is 2.36. The van der Waals surface area contributed by atoms with Crippen LogP contribution in [0.5, 0.6) is 0 Å². The number of esters is 1. The SMILES string of the molecule is CC[NH+]1CCc2c(sc(NC(=O)c3ccc(C)c(C)c3)c2C(=O)OC)C1. The standard InChI is InChI=1S/C20H24N2O3S/c1-5-22-9-8-15-16(11-22)26-19(17(15)20(24)25-4)21-18(23)14-7-6-12(2)13(3)10-14/h6-7,10H,5,8-9,11H2,1-4H3,(H,21,23)/p+1. The molecule has 5 nitrogen and oxygen atoms in total. The highest BCUT2D eigenvalue weighted by Gasteiger charge is 2.30. The smallest absolute Gasteiger partial charge is 0.341 e. The highest BCUT2D eigenvalue weighted by molar-refractivity contribution is 7.17. The summed E-state index contributed by atoms with van der Waals surface area (Å²) in [5, 5.41) is 3.55. The summed E-state index contributed by atoms with van der Waals surface area (Å²) in [5.41, 5.74) is 4.37. The zero-order valence-corrected chi connectivity index (χ0v) is 16.5. The average Bonchev–Trinajstić information content (AvgIpc) is 2.99. The molecule has 0 saturated carbocycles. The van der Waals surface area contributed by atoms with E-state index in [0.29, 0.717) is 16.1 Å². The first-order valence-corrected chi connectivity index (χ1v) is 9.71. The van der Waals surface area contributed by atoms with Crippen molar-refractivity contribution in [3.05, 3.63) is 50.9 Å². The minimum atomic E-state index is -0.377. The van der Waals surface area contributed by atoms with Crippen LogP contribution in [0.25, 0.3) is 0 Å². The zero-order valence-electron chi connectivity index (χ0n) is 15.7. The number of rotatable bonds is 4. The van der Waals surface area contributed by atoms with Crippen LogP contribution in [-0.2, 0) is 17.7 Å². The lowest BCUT2D eigenvalue weighted by atomic mass is 10.0. The number of aryl methyl sites for hydroxylation is 2. The highest BCUT2D eigenvalue weighted by atomic mass is 32.1. The fourth-order valence-corrected chi connectivity index (χ4v) is 4.60. The number of quaternary nitrogens is 1. The number of hydrogen-bond donors (Lipinski definition) is 2. The molecular weight excluding hydrogens is 348 g/mol. The van der Waals surface area contributed by atoms with E-state index in [1.54, 1.807) is 0 Å². The molecule has 0 radical (unpaired) electrons. The van der Waals surface area contributed by atoms with Gasteiger partial charge in [-0.15, -0.1) is 11.3 Å². The van der Waals surface area contributed by atoms with Crippen molar-refractivity contribution in [2.75, 3.05) is 25.5 Å². The van der Waals surface area contributed by atoms with E-state index >= 15 is 0 Å². The number of likely N-dealkylation sites (N-methyl/N-ethyl adjacent to an activating group) is 1. The third kappa shape index (κ3) is 3.52. The number of anilines is 1. The predicted molar refractivity (Wildman–Crippen MR) is 103 cm³/mol. The quantitative estimate of drug-likeness (QED) is 0.809. The van der Waals surface area contributed by atoms with E-state index in [4.69, 9.17) is 4.74 Å². The molecule has 0 spiro atoms. The van der Waals surface area contributed by atoms with Gasteiger partial charge >= 0.3 is 5.97 Å². The summed E-state index contributed by atoms with van der Waals surface area (Å²) in [4.78, 5) is 27.7. The number of nitrogens with one attached hydrogen (secondary N) is 2. The van der Waals surface area contributed by atoms with Gasteiger partial charge in [0.1, 0.15) is 11.5 Å². The van der Waals surface area contributed by atoms with Crippen LogP contribution in [0.4, 0.5) is 5.00 Å². The summed E-state index contributed by atoms with van der Waals surface area (Å²) in [6, 6.07) is 5.62. The maximum Gasteiger partial charge on any atom is 0.341 e. The summed E-state index contributed by atoms with van der Waals surface area (Å²) in [7, 11) is 1.38. The second-order valence-electron chi connectivity index (χ2n) is 6.73. The number of methoxy groups -OCH3 is 1. The van der Waals surface area contributed by atoms with Crippen molar-refractivity contribution >= 4 is 28.2 Å². The van der Waals surface area contributed by atoms with Gasteiger partial charge in [0.05, 0.1) is 30.6 Å². The molecule has 26 heavy (non-hydrogen) atoms. The first kappa shape index (κ1) is 18.6. The lowest BCUT2D eigenvalue weighted by molar-refractivity contribution is -0.913. The van der Waals surface area contributed by atoms with E-state index in [2.05, 4.69) is 12.2 Å². The van der Waals surface area contributed by atoms with Gasteiger partial charge < -0.3 is 15.0 Å². The Kier molecular flexibility index (Phi) is 5.44. The van der Waals surface area contributed by atoms with Gasteiger partial charge in [0.2, 0.25) is 0 Å². The van der Waals surface area contributed by atoms with E-state index in [0.717, 1.165) is 42.7 Å². The van der Waals surface area contributed by atoms with E-state index in [-0.39, 0.29) is 11.9 Å². The number of ether oxygens (including phenoxy) is 1. The highest BCUT2D eigenvalue weighted by Crippen LogP contribution is 2.35. The second-order valence-corrected chi connectivity index (χ2v) is 7.84. The third-order valence-electron chi connectivity index (χ3n) is 5.12. The summed E-state index contributed by atoms with van der Waals surface area (Å²) in [5.74, 6) is -0.575. The number of hydrogen-bond acceptors (Lipinski definition) is 4. The number of carbonyl (C=O) groups is 2. The van der Waals surface area contributed by atoms with Crippen LogP contribution in [0.1, 0.15) is 49.2 Å². The molecule has 1 aromatic carbocycles. The van der Waals surface area contributed by atoms with Gasteiger partial charge in [0.15, 0.2) is 0 Å². The van der Waals surface area contributed by atoms with Gasteiger partial charge in [-0.05, 0) is 49.6 Å². The summed E-state index contributed by atoms with van der Waals surface area (Å²) >= 11 is 1.50. The van der Waals surface area contributed by atoms with Crippen molar-refractivity contribution in [3.8, 4) is 0 Å². The van der Waals surface area contributed by atoms with Gasteiger partial charge in [0, 0.05) is 12.0 Å². The molecule has 1 aromatic heterocycles. The molecule has 0 saturated heterocycles. The largest absolute Gasteiger partial charge is 0.465 e. The Hall–Kier alpha value is -2.18. The molecule has 3 rings (SSSR count). The summed E-state index contributed by atoms with van der Waals surface area (Å²) < 4.78 is 4.99. The number of amides is 1. The fourth-order valence-electron chi connectivity index (χ4n) is 3.30. The van der Waals surface area contributed by atoms with Crippen molar-refractivity contribution < 1.29 is 19.2 Å². The molecule has 1 unspecified atom stereocenters. The molecule has 138 valence electrons. The van der Waals surface area contributed by atoms with Gasteiger partial charge in [-0.3, -0.25) is 4.79 Å². The van der Waals surface area contributed by atoms with Crippen LogP contribution >= 0.6 is 11.3 Å². The number of benzene rings is 1. The van der Waals surface area contributed by atoms with Gasteiger partial charge in [0.25, 0.3) is 5.91 Å². The van der Waals surface area contributed by atoms with Gasteiger partial charge in [-0.2, -0.15) is 0 Å². The molecule has 1 aliphatic heterocycles. The molecule has 0 bridgehead atoms. The van der Waals surface area contributed by atoms with Crippen molar-refractivity contribution in [1.82, 2.24) is 0 Å². The lowest BCUT2D eigenvalue weighted by Crippen LogP contribution is -3.11. The maximum atomic E-state index is 12.7. The Labute approximate surface area is 158 Å². The zero-order chi connectivity index (χ0) is 18.8. The molecule has 1 atom stereocenters. The average molecular weight is 373 g/mol. The molecule has 2 N–H and O–H groups in total. The Bertz CT molecular complexity index is 857. The molecule has 0 fully saturated rings. The summed E-state index contributed by atoms with van der Waals surface area (Å²) in [6.07, 6.45) is 0.832. The first-order chi connectivity index (χ1) is 12.4. The van der Waals surface area contributed by atoms with E-state index in [9.17, 15) is 9.59 Å².